The maximum Gasteiger partial charge on any atom is 0.319 e. The van der Waals surface area contributed by atoms with Crippen LogP contribution in [0.4, 0.5) is 4.79 Å². The number of hydrogen-bond acceptors (Lipinski definition) is 3. The Hall–Kier alpha value is -1.30. The van der Waals surface area contributed by atoms with Gasteiger partial charge in [0.25, 0.3) is 0 Å². The van der Waals surface area contributed by atoms with E-state index in [9.17, 15) is 9.59 Å². The predicted octanol–water partition coefficient (Wildman–Crippen LogP) is 1.18. The van der Waals surface area contributed by atoms with Gasteiger partial charge in [0.1, 0.15) is 0 Å². The highest BCUT2D eigenvalue weighted by Gasteiger charge is 2.27. The lowest BCUT2D eigenvalue weighted by Gasteiger charge is -2.31. The van der Waals surface area contributed by atoms with Crippen molar-refractivity contribution in [2.75, 3.05) is 40.3 Å². The third-order valence-corrected chi connectivity index (χ3v) is 4.01. The summed E-state index contributed by atoms with van der Waals surface area (Å²) in [6, 6.07) is 0.320. The van der Waals surface area contributed by atoms with Gasteiger partial charge in [0.05, 0.1) is 5.92 Å². The van der Waals surface area contributed by atoms with Crippen molar-refractivity contribution in [3.05, 3.63) is 0 Å². The van der Waals surface area contributed by atoms with E-state index in [1.165, 1.54) is 11.3 Å². The summed E-state index contributed by atoms with van der Waals surface area (Å²) in [7, 11) is 3.45. The second-order valence-electron chi connectivity index (χ2n) is 5.71. The molecule has 0 spiro atoms. The third kappa shape index (κ3) is 4.37. The molecule has 6 nitrogen and oxygen atoms in total. The first kappa shape index (κ1) is 16.8. The van der Waals surface area contributed by atoms with Gasteiger partial charge in [0, 0.05) is 33.2 Å². The highest BCUT2D eigenvalue weighted by atomic mass is 16.4. The molecule has 0 aromatic rings. The van der Waals surface area contributed by atoms with Crippen LogP contribution >= 0.6 is 0 Å². The average molecular weight is 285 g/mol. The third-order valence-electron chi connectivity index (χ3n) is 4.01. The fourth-order valence-electron chi connectivity index (χ4n) is 2.77. The summed E-state index contributed by atoms with van der Waals surface area (Å²) in [6.45, 7) is 6.81. The number of likely N-dealkylation sites (tertiary alicyclic amines) is 1. The molecule has 1 aliphatic rings. The highest BCUT2D eigenvalue weighted by Crippen LogP contribution is 2.17. The molecular weight excluding hydrogens is 258 g/mol. The Morgan fingerprint density at radius 2 is 2.00 bits per heavy atom. The summed E-state index contributed by atoms with van der Waals surface area (Å²) in [5.41, 5.74) is 0. The molecule has 1 aliphatic heterocycles. The van der Waals surface area contributed by atoms with Gasteiger partial charge in [-0.25, -0.2) is 4.79 Å². The van der Waals surface area contributed by atoms with Crippen LogP contribution in [-0.4, -0.2) is 78.1 Å². The number of nitrogens with zero attached hydrogens (tertiary/aromatic N) is 3. The fraction of sp³-hybridized carbons (Fsp3) is 0.857. The standard InChI is InChI=1S/C14H27N3O3/c1-5-17-8-6-7-12(17)10-16(4)14(20)15(3)9-11(2)13(18)19/h11-12H,5-10H2,1-4H3,(H,18,19). The molecule has 1 fully saturated rings. The number of carbonyl (C=O) groups is 2. The second kappa shape index (κ2) is 7.47. The molecule has 1 saturated heterocycles. The number of likely N-dealkylation sites (N-methyl/N-ethyl adjacent to an activating group) is 2. The molecule has 20 heavy (non-hydrogen) atoms. The van der Waals surface area contributed by atoms with Crippen molar-refractivity contribution in [1.82, 2.24) is 14.7 Å². The van der Waals surface area contributed by atoms with Gasteiger partial charge in [0.15, 0.2) is 0 Å². The van der Waals surface area contributed by atoms with E-state index in [0.29, 0.717) is 12.6 Å². The van der Waals surface area contributed by atoms with Gasteiger partial charge >= 0.3 is 12.0 Å². The molecule has 0 saturated carbocycles. The molecule has 116 valence electrons. The maximum absolute atomic E-state index is 12.2. The Labute approximate surface area is 121 Å². The number of urea groups is 1. The zero-order chi connectivity index (χ0) is 15.3. The van der Waals surface area contributed by atoms with Gasteiger partial charge in [-0.1, -0.05) is 13.8 Å². The quantitative estimate of drug-likeness (QED) is 0.796. The summed E-state index contributed by atoms with van der Waals surface area (Å²) in [4.78, 5) is 28.6. The van der Waals surface area contributed by atoms with Gasteiger partial charge in [-0.15, -0.1) is 0 Å². The van der Waals surface area contributed by atoms with Crippen molar-refractivity contribution in [2.24, 2.45) is 5.92 Å². The van der Waals surface area contributed by atoms with E-state index in [4.69, 9.17) is 5.11 Å². The molecule has 0 aromatic carbocycles. The van der Waals surface area contributed by atoms with Crippen LogP contribution in [0.25, 0.3) is 0 Å². The van der Waals surface area contributed by atoms with E-state index < -0.39 is 11.9 Å². The van der Waals surface area contributed by atoms with Crippen LogP contribution in [0, 0.1) is 5.92 Å². The second-order valence-corrected chi connectivity index (χ2v) is 5.71. The van der Waals surface area contributed by atoms with E-state index in [1.54, 1.807) is 25.9 Å². The minimum absolute atomic E-state index is 0.110. The zero-order valence-corrected chi connectivity index (χ0v) is 13.0. The van der Waals surface area contributed by atoms with Gasteiger partial charge in [0.2, 0.25) is 0 Å². The lowest BCUT2D eigenvalue weighted by molar-refractivity contribution is -0.141. The molecule has 2 unspecified atom stereocenters. The molecule has 6 heteroatoms. The van der Waals surface area contributed by atoms with E-state index in [2.05, 4.69) is 11.8 Å². The highest BCUT2D eigenvalue weighted by molar-refractivity contribution is 5.75. The Kier molecular flexibility index (Phi) is 6.26. The molecule has 2 atom stereocenters. The summed E-state index contributed by atoms with van der Waals surface area (Å²) in [6.07, 6.45) is 2.31. The topological polar surface area (TPSA) is 64.1 Å². The van der Waals surface area contributed by atoms with Crippen LogP contribution in [0.1, 0.15) is 26.7 Å². The summed E-state index contributed by atoms with van der Waals surface area (Å²) in [5.74, 6) is -1.42. The first-order valence-corrected chi connectivity index (χ1v) is 7.29. The Balaban J connectivity index is 2.47. The Morgan fingerprint density at radius 3 is 2.55 bits per heavy atom. The van der Waals surface area contributed by atoms with Crippen molar-refractivity contribution in [1.29, 1.82) is 0 Å². The molecule has 0 aliphatic carbocycles. The molecule has 2 amide bonds. The number of carboxylic acids is 1. The lowest BCUT2D eigenvalue weighted by atomic mass is 10.2. The van der Waals surface area contributed by atoms with Crippen LogP contribution in [0.3, 0.4) is 0 Å². The van der Waals surface area contributed by atoms with E-state index in [1.807, 2.05) is 0 Å². The summed E-state index contributed by atoms with van der Waals surface area (Å²) in [5, 5.41) is 8.89. The zero-order valence-electron chi connectivity index (χ0n) is 13.0. The van der Waals surface area contributed by atoms with E-state index in [-0.39, 0.29) is 12.6 Å². The number of carboxylic acid groups (broad SMARTS) is 1. The van der Waals surface area contributed by atoms with Crippen LogP contribution in [0.15, 0.2) is 0 Å². The van der Waals surface area contributed by atoms with Crippen LogP contribution in [-0.2, 0) is 4.79 Å². The first-order valence-electron chi connectivity index (χ1n) is 7.29. The van der Waals surface area contributed by atoms with Crippen molar-refractivity contribution in [2.45, 2.75) is 32.7 Å². The number of rotatable bonds is 6. The predicted molar refractivity (Wildman–Crippen MR) is 77.7 cm³/mol. The largest absolute Gasteiger partial charge is 0.481 e. The van der Waals surface area contributed by atoms with Crippen LogP contribution in [0.2, 0.25) is 0 Å². The maximum atomic E-state index is 12.2. The minimum atomic E-state index is -0.875. The molecule has 0 aromatic heterocycles. The minimum Gasteiger partial charge on any atom is -0.481 e. The van der Waals surface area contributed by atoms with Gasteiger partial charge in [-0.2, -0.15) is 0 Å². The van der Waals surface area contributed by atoms with E-state index in [0.717, 1.165) is 19.5 Å². The van der Waals surface area contributed by atoms with Crippen molar-refractivity contribution in [3.63, 3.8) is 0 Å². The molecule has 0 bridgehead atoms. The summed E-state index contributed by atoms with van der Waals surface area (Å²) >= 11 is 0. The normalized spacial score (nSPS) is 20.7. The van der Waals surface area contributed by atoms with Gasteiger partial charge in [-0.05, 0) is 25.9 Å². The van der Waals surface area contributed by atoms with Crippen molar-refractivity contribution < 1.29 is 14.7 Å². The number of aliphatic carboxylic acids is 1. The number of amides is 2. The molecule has 1 rings (SSSR count). The molecule has 1 N–H and O–H groups in total. The average Bonchev–Trinajstić information content (AvgIpc) is 2.84. The lowest BCUT2D eigenvalue weighted by Crippen LogP contribution is -2.46. The summed E-state index contributed by atoms with van der Waals surface area (Å²) < 4.78 is 0. The fourth-order valence-corrected chi connectivity index (χ4v) is 2.77. The Bertz CT molecular complexity index is 349. The Morgan fingerprint density at radius 1 is 1.35 bits per heavy atom. The number of hydrogen-bond donors (Lipinski definition) is 1. The molecular formula is C14H27N3O3. The molecule has 0 radical (unpaired) electrons. The van der Waals surface area contributed by atoms with Crippen molar-refractivity contribution >= 4 is 12.0 Å². The number of carbonyl (C=O) groups excluding carboxylic acids is 1. The SMILES string of the molecule is CCN1CCCC1CN(C)C(=O)N(C)CC(C)C(=O)O. The molecule has 1 heterocycles. The van der Waals surface area contributed by atoms with Crippen LogP contribution < -0.4 is 0 Å². The first-order chi connectivity index (χ1) is 9.36. The van der Waals surface area contributed by atoms with Crippen molar-refractivity contribution in [3.8, 4) is 0 Å². The van der Waals surface area contributed by atoms with Crippen LogP contribution in [0.5, 0.6) is 0 Å². The van der Waals surface area contributed by atoms with E-state index >= 15 is 0 Å². The van der Waals surface area contributed by atoms with Gasteiger partial charge < -0.3 is 14.9 Å². The monoisotopic (exact) mass is 285 g/mol. The smallest absolute Gasteiger partial charge is 0.319 e. The van der Waals surface area contributed by atoms with Gasteiger partial charge in [-0.3, -0.25) is 9.69 Å².